The van der Waals surface area contributed by atoms with Gasteiger partial charge in [-0.1, -0.05) is 43.7 Å². The summed E-state index contributed by atoms with van der Waals surface area (Å²) in [6, 6.07) is 2.38. The number of allylic oxidation sites excluding steroid dienone is 4. The second-order valence-corrected chi connectivity index (χ2v) is 6.27. The van der Waals surface area contributed by atoms with E-state index in [2.05, 4.69) is 42.2 Å². The predicted octanol–water partition coefficient (Wildman–Crippen LogP) is 4.76. The molecule has 0 saturated carbocycles. The second kappa shape index (κ2) is 7.41. The van der Waals surface area contributed by atoms with E-state index in [1.165, 1.54) is 16.9 Å². The van der Waals surface area contributed by atoms with E-state index in [9.17, 15) is 0 Å². The van der Waals surface area contributed by atoms with Gasteiger partial charge in [0.1, 0.15) is 0 Å². The molecule has 1 unspecified atom stereocenters. The maximum absolute atomic E-state index is 5.36. The van der Waals surface area contributed by atoms with Crippen molar-refractivity contribution in [1.29, 1.82) is 0 Å². The Bertz CT molecular complexity index is 556. The summed E-state index contributed by atoms with van der Waals surface area (Å²) < 4.78 is 2.63. The molecule has 0 amide bonds. The fraction of sp³-hybridized carbons (Fsp3) is 0.333. The summed E-state index contributed by atoms with van der Waals surface area (Å²) in [5.41, 5.74) is 1.41. The van der Waals surface area contributed by atoms with Gasteiger partial charge in [-0.25, -0.2) is 4.98 Å². The van der Waals surface area contributed by atoms with E-state index in [-0.39, 0.29) is 0 Å². The van der Waals surface area contributed by atoms with Crippen LogP contribution in [0, 0.1) is 5.92 Å². The van der Waals surface area contributed by atoms with Gasteiger partial charge in [-0.15, -0.1) is 11.3 Å². The molecule has 0 bridgehead atoms. The molecule has 1 atom stereocenters. The Morgan fingerprint density at radius 2 is 2.25 bits per heavy atom. The van der Waals surface area contributed by atoms with Crippen LogP contribution in [-0.2, 0) is 0 Å². The van der Waals surface area contributed by atoms with Gasteiger partial charge in [0.15, 0.2) is 4.47 Å². The van der Waals surface area contributed by atoms with E-state index in [1.54, 1.807) is 6.20 Å². The third-order valence-corrected chi connectivity index (χ3v) is 3.93. The molecule has 3 rings (SSSR count). The van der Waals surface area contributed by atoms with Gasteiger partial charge in [-0.05, 0) is 24.0 Å². The van der Waals surface area contributed by atoms with Gasteiger partial charge in [0, 0.05) is 24.0 Å². The van der Waals surface area contributed by atoms with E-state index in [0.29, 0.717) is 16.4 Å². The van der Waals surface area contributed by atoms with Crippen molar-refractivity contribution in [2.24, 2.45) is 5.92 Å². The zero-order valence-electron chi connectivity index (χ0n) is 11.6. The lowest BCUT2D eigenvalue weighted by molar-refractivity contribution is 0.532. The third kappa shape index (κ3) is 4.32. The molecule has 106 valence electrons. The summed E-state index contributed by atoms with van der Waals surface area (Å²) in [6.45, 7) is 4.45. The summed E-state index contributed by atoms with van der Waals surface area (Å²) in [7, 11) is 0. The van der Waals surface area contributed by atoms with Crippen molar-refractivity contribution in [3.05, 3.63) is 58.3 Å². The number of hydrogen-bond donors (Lipinski definition) is 0. The number of halogens is 1. The molecule has 2 aromatic heterocycles. The van der Waals surface area contributed by atoms with E-state index in [1.807, 2.05) is 28.5 Å². The van der Waals surface area contributed by atoms with Crippen molar-refractivity contribution in [2.75, 3.05) is 0 Å². The second-order valence-electron chi connectivity index (χ2n) is 4.80. The van der Waals surface area contributed by atoms with Crippen LogP contribution in [0.3, 0.4) is 0 Å². The van der Waals surface area contributed by atoms with E-state index in [0.717, 1.165) is 6.42 Å². The lowest BCUT2D eigenvalue weighted by Gasteiger charge is -2.19. The minimum absolute atomic E-state index is 0.410. The Kier molecular flexibility index (Phi) is 5.56. The first-order valence-corrected chi connectivity index (χ1v) is 7.85. The lowest BCUT2D eigenvalue weighted by Crippen LogP contribution is -2.10. The Morgan fingerprint density at radius 3 is 2.75 bits per heavy atom. The topological polar surface area (TPSA) is 30.7 Å². The largest absolute Gasteiger partial charge is 0.266 e. The summed E-state index contributed by atoms with van der Waals surface area (Å²) >= 11 is 6.79. The average Bonchev–Trinajstić information content (AvgIpc) is 3.12. The highest BCUT2D eigenvalue weighted by Gasteiger charge is 2.12. The van der Waals surface area contributed by atoms with Gasteiger partial charge in [-0.2, -0.15) is 5.10 Å². The monoisotopic (exact) mass is 307 g/mol. The van der Waals surface area contributed by atoms with Crippen LogP contribution in [0.15, 0.2) is 53.8 Å². The first kappa shape index (κ1) is 15.0. The van der Waals surface area contributed by atoms with Crippen LogP contribution in [0.5, 0.6) is 0 Å². The molecule has 0 radical (unpaired) electrons. The van der Waals surface area contributed by atoms with Crippen molar-refractivity contribution in [3.8, 4) is 0 Å². The quantitative estimate of drug-likeness (QED) is 0.800. The molecule has 0 saturated heterocycles. The van der Waals surface area contributed by atoms with Crippen LogP contribution < -0.4 is 0 Å². The number of thiazole rings is 1. The Balaban J connectivity index is 0.000000205. The SMILES string of the molecule is CC(C)C1=CC(n2cccn2)CC=C1.Clc1nccs1. The van der Waals surface area contributed by atoms with Crippen molar-refractivity contribution in [3.63, 3.8) is 0 Å². The molecule has 3 nitrogen and oxygen atoms in total. The molecular weight excluding hydrogens is 290 g/mol. The van der Waals surface area contributed by atoms with Crippen LogP contribution in [0.4, 0.5) is 0 Å². The normalized spacial score (nSPS) is 17.6. The van der Waals surface area contributed by atoms with Crippen molar-refractivity contribution >= 4 is 22.9 Å². The molecule has 0 aromatic carbocycles. The predicted molar refractivity (Wildman–Crippen MR) is 85.1 cm³/mol. The van der Waals surface area contributed by atoms with Gasteiger partial charge in [0.25, 0.3) is 0 Å². The number of rotatable bonds is 2. The molecule has 2 aromatic rings. The molecule has 1 aliphatic rings. The molecule has 5 heteroatoms. The highest BCUT2D eigenvalue weighted by atomic mass is 35.5. The molecule has 0 N–H and O–H groups in total. The fourth-order valence-corrected chi connectivity index (χ4v) is 2.51. The standard InChI is InChI=1S/C12H16N2.C3H2ClNS/c1-10(2)11-5-3-6-12(9-11)14-8-4-7-13-14;4-3-5-1-2-6-3/h3-5,7-10,12H,6H2,1-2H3;1-2H. The highest BCUT2D eigenvalue weighted by Crippen LogP contribution is 2.24. The summed E-state index contributed by atoms with van der Waals surface area (Å²) in [5.74, 6) is 0.601. The molecule has 20 heavy (non-hydrogen) atoms. The maximum atomic E-state index is 5.36. The first-order chi connectivity index (χ1) is 9.66. The number of hydrogen-bond acceptors (Lipinski definition) is 3. The van der Waals surface area contributed by atoms with Crippen molar-refractivity contribution in [1.82, 2.24) is 14.8 Å². The fourth-order valence-electron chi connectivity index (χ4n) is 1.94. The van der Waals surface area contributed by atoms with Crippen molar-refractivity contribution in [2.45, 2.75) is 26.3 Å². The first-order valence-electron chi connectivity index (χ1n) is 6.59. The van der Waals surface area contributed by atoms with E-state index < -0.39 is 0 Å². The van der Waals surface area contributed by atoms with Gasteiger partial charge < -0.3 is 0 Å². The molecule has 1 aliphatic carbocycles. The van der Waals surface area contributed by atoms with Crippen LogP contribution >= 0.6 is 22.9 Å². The summed E-state index contributed by atoms with van der Waals surface area (Å²) in [6.07, 6.45) is 13.4. The third-order valence-electron chi connectivity index (χ3n) is 3.01. The summed E-state index contributed by atoms with van der Waals surface area (Å²) in [4.78, 5) is 3.70. The van der Waals surface area contributed by atoms with Gasteiger partial charge in [0.05, 0.1) is 6.04 Å². The average molecular weight is 308 g/mol. The van der Waals surface area contributed by atoms with E-state index in [4.69, 9.17) is 11.6 Å². The molecule has 0 fully saturated rings. The maximum Gasteiger partial charge on any atom is 0.183 e. The minimum Gasteiger partial charge on any atom is -0.266 e. The van der Waals surface area contributed by atoms with Crippen LogP contribution in [0.25, 0.3) is 0 Å². The lowest BCUT2D eigenvalue weighted by atomic mass is 9.95. The Hall–Kier alpha value is -1.39. The Morgan fingerprint density at radius 1 is 1.40 bits per heavy atom. The number of aromatic nitrogens is 3. The summed E-state index contributed by atoms with van der Waals surface area (Å²) in [5, 5.41) is 6.11. The smallest absolute Gasteiger partial charge is 0.183 e. The van der Waals surface area contributed by atoms with E-state index >= 15 is 0 Å². The molecule has 0 spiro atoms. The Labute approximate surface area is 128 Å². The van der Waals surface area contributed by atoms with Crippen molar-refractivity contribution < 1.29 is 0 Å². The zero-order valence-corrected chi connectivity index (χ0v) is 13.2. The van der Waals surface area contributed by atoms with Crippen LogP contribution in [0.2, 0.25) is 4.47 Å². The zero-order chi connectivity index (χ0) is 14.4. The minimum atomic E-state index is 0.410. The van der Waals surface area contributed by atoms with Gasteiger partial charge >= 0.3 is 0 Å². The molecular formula is C15H18ClN3S. The highest BCUT2D eigenvalue weighted by molar-refractivity contribution is 7.13. The van der Waals surface area contributed by atoms with Crippen LogP contribution in [-0.4, -0.2) is 14.8 Å². The van der Waals surface area contributed by atoms with Gasteiger partial charge in [-0.3, -0.25) is 4.68 Å². The van der Waals surface area contributed by atoms with Crippen LogP contribution in [0.1, 0.15) is 26.3 Å². The molecule has 2 heterocycles. The number of nitrogens with zero attached hydrogens (tertiary/aromatic N) is 3. The van der Waals surface area contributed by atoms with Gasteiger partial charge in [0.2, 0.25) is 0 Å². The molecule has 0 aliphatic heterocycles.